The summed E-state index contributed by atoms with van der Waals surface area (Å²) in [5, 5.41) is 0.592. The molecule has 1 saturated heterocycles. The molecule has 1 fully saturated rings. The molecule has 2 aromatic carbocycles. The highest BCUT2D eigenvalue weighted by Crippen LogP contribution is 2.25. The van der Waals surface area contributed by atoms with Gasteiger partial charge in [0.1, 0.15) is 5.82 Å². The molecule has 0 aliphatic carbocycles. The first kappa shape index (κ1) is 20.2. The van der Waals surface area contributed by atoms with Crippen molar-refractivity contribution in [1.82, 2.24) is 9.62 Å². The molecule has 1 N–H and O–H groups in total. The molecule has 146 valence electrons. The van der Waals surface area contributed by atoms with Crippen LogP contribution in [0.2, 0.25) is 5.02 Å². The van der Waals surface area contributed by atoms with Gasteiger partial charge in [0.2, 0.25) is 10.0 Å². The number of sulfonamides is 1. The molecule has 1 aliphatic rings. The zero-order chi connectivity index (χ0) is 19.4. The number of ether oxygens (including phenoxy) is 1. The minimum Gasteiger partial charge on any atom is -0.379 e. The van der Waals surface area contributed by atoms with E-state index in [1.165, 1.54) is 12.1 Å². The van der Waals surface area contributed by atoms with Gasteiger partial charge in [0.05, 0.1) is 18.1 Å². The Kier molecular flexibility index (Phi) is 6.49. The molecule has 0 radical (unpaired) electrons. The number of nitrogens with one attached hydrogen (secondary N) is 1. The van der Waals surface area contributed by atoms with Gasteiger partial charge >= 0.3 is 0 Å². The second kappa shape index (κ2) is 8.67. The number of hydrogen-bond acceptors (Lipinski definition) is 4. The molecule has 1 aliphatic heterocycles. The fraction of sp³-hybridized carbons (Fsp3) is 0.368. The van der Waals surface area contributed by atoms with Crippen LogP contribution in [0.5, 0.6) is 0 Å². The zero-order valence-corrected chi connectivity index (χ0v) is 16.6. The van der Waals surface area contributed by atoms with E-state index in [4.69, 9.17) is 16.3 Å². The summed E-state index contributed by atoms with van der Waals surface area (Å²) in [6.07, 6.45) is 0. The number of halogens is 2. The van der Waals surface area contributed by atoms with E-state index in [0.717, 1.165) is 11.6 Å². The van der Waals surface area contributed by atoms with Gasteiger partial charge in [-0.25, -0.2) is 17.5 Å². The van der Waals surface area contributed by atoms with Crippen LogP contribution in [-0.2, 0) is 14.8 Å². The van der Waals surface area contributed by atoms with Crippen LogP contribution in [0, 0.1) is 12.7 Å². The van der Waals surface area contributed by atoms with Crippen LogP contribution in [0.1, 0.15) is 17.2 Å². The van der Waals surface area contributed by atoms with Crippen molar-refractivity contribution in [2.24, 2.45) is 0 Å². The highest BCUT2D eigenvalue weighted by Gasteiger charge is 2.26. The van der Waals surface area contributed by atoms with Gasteiger partial charge in [-0.1, -0.05) is 29.8 Å². The average Bonchev–Trinajstić information content (AvgIpc) is 2.65. The van der Waals surface area contributed by atoms with E-state index in [1.807, 2.05) is 18.2 Å². The van der Waals surface area contributed by atoms with Gasteiger partial charge in [0, 0.05) is 30.7 Å². The van der Waals surface area contributed by atoms with E-state index in [0.29, 0.717) is 36.9 Å². The Bertz CT molecular complexity index is 902. The van der Waals surface area contributed by atoms with Gasteiger partial charge in [0.15, 0.2) is 0 Å². The van der Waals surface area contributed by atoms with Crippen LogP contribution in [0.15, 0.2) is 47.4 Å². The molecule has 3 rings (SSSR count). The molecule has 0 spiro atoms. The molecule has 5 nitrogen and oxygen atoms in total. The first-order chi connectivity index (χ1) is 12.9. The van der Waals surface area contributed by atoms with Gasteiger partial charge in [-0.3, -0.25) is 4.90 Å². The highest BCUT2D eigenvalue weighted by molar-refractivity contribution is 7.89. The number of rotatable bonds is 6. The third-order valence-corrected chi connectivity index (χ3v) is 6.43. The van der Waals surface area contributed by atoms with E-state index in [1.54, 1.807) is 13.0 Å². The molecule has 27 heavy (non-hydrogen) atoms. The molecule has 0 aromatic heterocycles. The summed E-state index contributed by atoms with van der Waals surface area (Å²) in [6, 6.07) is 10.9. The van der Waals surface area contributed by atoms with Crippen molar-refractivity contribution in [2.45, 2.75) is 17.9 Å². The van der Waals surface area contributed by atoms with Crippen LogP contribution in [0.3, 0.4) is 0 Å². The molecule has 1 atom stereocenters. The van der Waals surface area contributed by atoms with Gasteiger partial charge in [-0.2, -0.15) is 0 Å². The Morgan fingerprint density at radius 2 is 1.96 bits per heavy atom. The van der Waals surface area contributed by atoms with Crippen molar-refractivity contribution in [1.29, 1.82) is 0 Å². The average molecular weight is 413 g/mol. The van der Waals surface area contributed by atoms with Crippen molar-refractivity contribution in [3.8, 4) is 0 Å². The standard InChI is InChI=1S/C19H22ClFN2O3S/c1-14-5-6-17(21)12-19(14)27(24,25)22-13-18(23-7-9-26-10-8-23)15-3-2-4-16(20)11-15/h2-6,11-12,18,22H,7-10,13H2,1H3. The Hall–Kier alpha value is -1.51. The lowest BCUT2D eigenvalue weighted by molar-refractivity contribution is 0.0172. The van der Waals surface area contributed by atoms with E-state index in [2.05, 4.69) is 9.62 Å². The first-order valence-corrected chi connectivity index (χ1v) is 10.6. The van der Waals surface area contributed by atoms with Gasteiger partial charge < -0.3 is 4.74 Å². The molecule has 0 amide bonds. The van der Waals surface area contributed by atoms with Crippen LogP contribution in [0.4, 0.5) is 4.39 Å². The van der Waals surface area contributed by atoms with Crippen LogP contribution in [0.25, 0.3) is 0 Å². The summed E-state index contributed by atoms with van der Waals surface area (Å²) in [5.74, 6) is -0.583. The van der Waals surface area contributed by atoms with Crippen molar-refractivity contribution >= 4 is 21.6 Å². The lowest BCUT2D eigenvalue weighted by Crippen LogP contribution is -2.43. The third-order valence-electron chi connectivity index (χ3n) is 4.63. The lowest BCUT2D eigenvalue weighted by atomic mass is 10.1. The highest BCUT2D eigenvalue weighted by atomic mass is 35.5. The Labute approximate surface area is 164 Å². The number of aryl methyl sites for hydroxylation is 1. The summed E-state index contributed by atoms with van der Waals surface area (Å²) < 4.78 is 47.1. The molecule has 0 bridgehead atoms. The minimum atomic E-state index is -3.85. The number of hydrogen-bond donors (Lipinski definition) is 1. The predicted octanol–water partition coefficient (Wildman–Crippen LogP) is 3.14. The Morgan fingerprint density at radius 1 is 1.22 bits per heavy atom. The summed E-state index contributed by atoms with van der Waals surface area (Å²) >= 11 is 6.13. The van der Waals surface area contributed by atoms with Crippen LogP contribution in [-0.4, -0.2) is 46.2 Å². The first-order valence-electron chi connectivity index (χ1n) is 8.70. The molecule has 2 aromatic rings. The molecule has 1 heterocycles. The predicted molar refractivity (Wildman–Crippen MR) is 103 cm³/mol. The maximum absolute atomic E-state index is 13.5. The third kappa shape index (κ3) is 5.06. The maximum Gasteiger partial charge on any atom is 0.240 e. The van der Waals surface area contributed by atoms with Crippen LogP contribution < -0.4 is 4.72 Å². The smallest absolute Gasteiger partial charge is 0.240 e. The largest absolute Gasteiger partial charge is 0.379 e. The Morgan fingerprint density at radius 3 is 2.67 bits per heavy atom. The molecular weight excluding hydrogens is 391 g/mol. The lowest BCUT2D eigenvalue weighted by Gasteiger charge is -2.35. The van der Waals surface area contributed by atoms with E-state index in [9.17, 15) is 12.8 Å². The summed E-state index contributed by atoms with van der Waals surface area (Å²) in [5.41, 5.74) is 1.41. The summed E-state index contributed by atoms with van der Waals surface area (Å²) in [4.78, 5) is 2.12. The monoisotopic (exact) mass is 412 g/mol. The fourth-order valence-electron chi connectivity index (χ4n) is 3.19. The summed E-state index contributed by atoms with van der Waals surface area (Å²) in [7, 11) is -3.85. The van der Waals surface area contributed by atoms with Crippen molar-refractivity contribution in [3.63, 3.8) is 0 Å². The number of nitrogens with zero attached hydrogens (tertiary/aromatic N) is 1. The van der Waals surface area contributed by atoms with Crippen molar-refractivity contribution in [2.75, 3.05) is 32.8 Å². The molecule has 8 heteroatoms. The fourth-order valence-corrected chi connectivity index (χ4v) is 4.68. The van der Waals surface area contributed by atoms with Gasteiger partial charge in [-0.05, 0) is 42.3 Å². The molecular formula is C19H22ClFN2O3S. The van der Waals surface area contributed by atoms with Crippen LogP contribution >= 0.6 is 11.6 Å². The van der Waals surface area contributed by atoms with E-state index >= 15 is 0 Å². The van der Waals surface area contributed by atoms with Gasteiger partial charge in [0.25, 0.3) is 0 Å². The molecule has 0 saturated carbocycles. The summed E-state index contributed by atoms with van der Waals surface area (Å²) in [6.45, 7) is 4.36. The number of morpholine rings is 1. The maximum atomic E-state index is 13.5. The molecule has 1 unspecified atom stereocenters. The second-order valence-electron chi connectivity index (χ2n) is 6.48. The number of benzene rings is 2. The van der Waals surface area contributed by atoms with E-state index < -0.39 is 15.8 Å². The Balaban J connectivity index is 1.84. The van der Waals surface area contributed by atoms with Crippen molar-refractivity contribution in [3.05, 3.63) is 64.4 Å². The van der Waals surface area contributed by atoms with Crippen molar-refractivity contribution < 1.29 is 17.5 Å². The SMILES string of the molecule is Cc1ccc(F)cc1S(=O)(=O)NCC(c1cccc(Cl)c1)N1CCOCC1. The van der Waals surface area contributed by atoms with Gasteiger partial charge in [-0.15, -0.1) is 0 Å². The quantitative estimate of drug-likeness (QED) is 0.791. The zero-order valence-electron chi connectivity index (χ0n) is 15.0. The minimum absolute atomic E-state index is 0.0469. The topological polar surface area (TPSA) is 58.6 Å². The van der Waals surface area contributed by atoms with E-state index in [-0.39, 0.29) is 17.5 Å². The normalized spacial score (nSPS) is 17.0. The second-order valence-corrected chi connectivity index (χ2v) is 8.65.